The van der Waals surface area contributed by atoms with Crippen molar-refractivity contribution in [3.8, 4) is 0 Å². The van der Waals surface area contributed by atoms with Gasteiger partial charge in [0, 0.05) is 24.8 Å². The van der Waals surface area contributed by atoms with Crippen LogP contribution < -0.4 is 10.0 Å². The van der Waals surface area contributed by atoms with Gasteiger partial charge in [0.1, 0.15) is 0 Å². The van der Waals surface area contributed by atoms with Crippen LogP contribution in [0.3, 0.4) is 0 Å². The molecule has 3 aromatic rings. The van der Waals surface area contributed by atoms with E-state index in [4.69, 9.17) is 0 Å². The fourth-order valence-electron chi connectivity index (χ4n) is 2.00. The molecule has 0 aliphatic carbocycles. The number of anilines is 2. The fraction of sp³-hybridized carbons (Fsp3) is 0.167. The van der Waals surface area contributed by atoms with E-state index in [-0.39, 0.29) is 5.03 Å². The van der Waals surface area contributed by atoms with Gasteiger partial charge in [-0.3, -0.25) is 14.1 Å². The molecule has 7 nitrogen and oxygen atoms in total. The van der Waals surface area contributed by atoms with E-state index in [1.54, 1.807) is 35.3 Å². The van der Waals surface area contributed by atoms with Crippen LogP contribution in [0.5, 0.6) is 0 Å². The van der Waals surface area contributed by atoms with Crippen molar-refractivity contribution in [2.24, 2.45) is 0 Å². The first-order valence-corrected chi connectivity index (χ1v) is 8.45. The van der Waals surface area contributed by atoms with Crippen LogP contribution in [0, 0.1) is 6.92 Å². The number of thiazole rings is 1. The summed E-state index contributed by atoms with van der Waals surface area (Å²) in [4.78, 5) is 8.85. The molecule has 110 valence electrons. The van der Waals surface area contributed by atoms with Crippen LogP contribution in [0.4, 0.5) is 11.5 Å². The Morgan fingerprint density at radius 3 is 2.86 bits per heavy atom. The standard InChI is InChI=1S/C12H13N5O2S2/c1-8-5-9(7-14-6-8)16-21(18,19)11-10(13-2)15-12-17(11)3-4-20-12/h3-7,13,16H,1-2H3. The molecule has 0 aromatic carbocycles. The van der Waals surface area contributed by atoms with E-state index in [0.29, 0.717) is 16.5 Å². The number of imidazole rings is 1. The Morgan fingerprint density at radius 1 is 1.33 bits per heavy atom. The van der Waals surface area contributed by atoms with E-state index in [2.05, 4.69) is 20.0 Å². The van der Waals surface area contributed by atoms with Crippen molar-refractivity contribution in [2.75, 3.05) is 17.1 Å². The van der Waals surface area contributed by atoms with Gasteiger partial charge in [-0.25, -0.2) is 4.98 Å². The van der Waals surface area contributed by atoms with E-state index < -0.39 is 10.0 Å². The number of nitrogens with zero attached hydrogens (tertiary/aromatic N) is 3. The lowest BCUT2D eigenvalue weighted by atomic mass is 10.3. The normalized spacial score (nSPS) is 11.7. The largest absolute Gasteiger partial charge is 0.371 e. The summed E-state index contributed by atoms with van der Waals surface area (Å²) in [5.41, 5.74) is 1.29. The molecular weight excluding hydrogens is 310 g/mol. The summed E-state index contributed by atoms with van der Waals surface area (Å²) in [7, 11) is -2.13. The molecular formula is C12H13N5O2S2. The van der Waals surface area contributed by atoms with E-state index in [0.717, 1.165) is 5.56 Å². The molecule has 9 heteroatoms. The van der Waals surface area contributed by atoms with Gasteiger partial charge in [0.15, 0.2) is 10.8 Å². The molecule has 0 bridgehead atoms. The Labute approximate surface area is 125 Å². The van der Waals surface area contributed by atoms with Crippen molar-refractivity contribution < 1.29 is 8.42 Å². The van der Waals surface area contributed by atoms with Crippen molar-refractivity contribution in [3.05, 3.63) is 35.6 Å². The number of aromatic nitrogens is 3. The van der Waals surface area contributed by atoms with E-state index in [1.807, 2.05) is 6.92 Å². The lowest BCUT2D eigenvalue weighted by Gasteiger charge is -2.09. The summed E-state index contributed by atoms with van der Waals surface area (Å²) in [6.07, 6.45) is 4.80. The first-order valence-electron chi connectivity index (χ1n) is 6.09. The van der Waals surface area contributed by atoms with Crippen LogP contribution in [0.25, 0.3) is 4.96 Å². The quantitative estimate of drug-likeness (QED) is 0.766. The SMILES string of the molecule is CNc1nc2sccn2c1S(=O)(=O)Nc1cncc(C)c1. The van der Waals surface area contributed by atoms with Crippen LogP contribution >= 0.6 is 11.3 Å². The molecule has 3 rings (SSSR count). The van der Waals surface area contributed by atoms with Gasteiger partial charge >= 0.3 is 0 Å². The Bertz CT molecular complexity index is 897. The van der Waals surface area contributed by atoms with Crippen molar-refractivity contribution in [1.82, 2.24) is 14.4 Å². The van der Waals surface area contributed by atoms with Gasteiger partial charge < -0.3 is 5.32 Å². The van der Waals surface area contributed by atoms with Gasteiger partial charge in [-0.2, -0.15) is 8.42 Å². The average Bonchev–Trinajstić information content (AvgIpc) is 2.96. The lowest BCUT2D eigenvalue weighted by Crippen LogP contribution is -2.16. The number of pyridine rings is 1. The maximum absolute atomic E-state index is 12.6. The number of rotatable bonds is 4. The summed E-state index contributed by atoms with van der Waals surface area (Å²) < 4.78 is 29.3. The third-order valence-corrected chi connectivity index (χ3v) is 5.00. The highest BCUT2D eigenvalue weighted by molar-refractivity contribution is 7.92. The van der Waals surface area contributed by atoms with Crippen molar-refractivity contribution in [1.29, 1.82) is 0 Å². The molecule has 0 saturated carbocycles. The second-order valence-electron chi connectivity index (χ2n) is 4.43. The number of aryl methyl sites for hydroxylation is 1. The predicted octanol–water partition coefficient (Wildman–Crippen LogP) is 1.94. The zero-order valence-corrected chi connectivity index (χ0v) is 13.0. The first kappa shape index (κ1) is 13.8. The Balaban J connectivity index is 2.09. The van der Waals surface area contributed by atoms with Crippen molar-refractivity contribution in [2.45, 2.75) is 11.9 Å². The van der Waals surface area contributed by atoms with Gasteiger partial charge in [-0.05, 0) is 18.6 Å². The summed E-state index contributed by atoms with van der Waals surface area (Å²) >= 11 is 1.37. The topological polar surface area (TPSA) is 88.4 Å². The molecule has 0 spiro atoms. The Kier molecular flexibility index (Phi) is 3.30. The molecule has 0 aliphatic heterocycles. The zero-order chi connectivity index (χ0) is 15.0. The third-order valence-electron chi connectivity index (χ3n) is 2.84. The molecule has 2 N–H and O–H groups in total. The molecule has 0 unspecified atom stereocenters. The van der Waals surface area contributed by atoms with E-state index >= 15 is 0 Å². The molecule has 21 heavy (non-hydrogen) atoms. The second-order valence-corrected chi connectivity index (χ2v) is 6.90. The lowest BCUT2D eigenvalue weighted by molar-refractivity contribution is 0.597. The molecule has 3 heterocycles. The van der Waals surface area contributed by atoms with Gasteiger partial charge in [0.05, 0.1) is 11.9 Å². The van der Waals surface area contributed by atoms with Crippen LogP contribution in [-0.2, 0) is 10.0 Å². The summed E-state index contributed by atoms with van der Waals surface area (Å²) in [6.45, 7) is 1.85. The van der Waals surface area contributed by atoms with Gasteiger partial charge in [-0.15, -0.1) is 11.3 Å². The summed E-state index contributed by atoms with van der Waals surface area (Å²) in [5.74, 6) is 0.315. The molecule has 0 atom stereocenters. The van der Waals surface area contributed by atoms with E-state index in [9.17, 15) is 8.42 Å². The summed E-state index contributed by atoms with van der Waals surface area (Å²) in [6, 6.07) is 1.72. The molecule has 0 aliphatic rings. The van der Waals surface area contributed by atoms with Crippen LogP contribution in [0.15, 0.2) is 35.1 Å². The van der Waals surface area contributed by atoms with Crippen LogP contribution in [0.2, 0.25) is 0 Å². The summed E-state index contributed by atoms with van der Waals surface area (Å²) in [5, 5.41) is 4.69. The zero-order valence-electron chi connectivity index (χ0n) is 11.4. The second kappa shape index (κ2) is 5.01. The highest BCUT2D eigenvalue weighted by Gasteiger charge is 2.25. The maximum atomic E-state index is 12.6. The maximum Gasteiger partial charge on any atom is 0.281 e. The Hall–Kier alpha value is -2.13. The predicted molar refractivity (Wildman–Crippen MR) is 82.4 cm³/mol. The van der Waals surface area contributed by atoms with E-state index in [1.165, 1.54) is 17.5 Å². The number of fused-ring (bicyclic) bond motifs is 1. The minimum atomic E-state index is -3.77. The fourth-order valence-corrected chi connectivity index (χ4v) is 4.10. The van der Waals surface area contributed by atoms with Crippen molar-refractivity contribution in [3.63, 3.8) is 0 Å². The molecule has 0 radical (unpaired) electrons. The number of hydrogen-bond donors (Lipinski definition) is 2. The average molecular weight is 323 g/mol. The monoisotopic (exact) mass is 323 g/mol. The van der Waals surface area contributed by atoms with Crippen molar-refractivity contribution >= 4 is 37.8 Å². The number of hydrogen-bond acceptors (Lipinski definition) is 6. The molecule has 0 amide bonds. The minimum absolute atomic E-state index is 0.0859. The van der Waals surface area contributed by atoms with Gasteiger partial charge in [-0.1, -0.05) is 0 Å². The van der Waals surface area contributed by atoms with Gasteiger partial charge in [0.2, 0.25) is 5.03 Å². The highest BCUT2D eigenvalue weighted by atomic mass is 32.2. The first-order chi connectivity index (χ1) is 10.0. The number of nitrogens with one attached hydrogen (secondary N) is 2. The highest BCUT2D eigenvalue weighted by Crippen LogP contribution is 2.27. The molecule has 3 aromatic heterocycles. The smallest absolute Gasteiger partial charge is 0.281 e. The Morgan fingerprint density at radius 2 is 2.14 bits per heavy atom. The van der Waals surface area contributed by atoms with Gasteiger partial charge in [0.25, 0.3) is 10.0 Å². The molecule has 0 saturated heterocycles. The molecule has 0 fully saturated rings. The number of sulfonamides is 1. The minimum Gasteiger partial charge on any atom is -0.371 e. The van der Waals surface area contributed by atoms with Crippen LogP contribution in [-0.4, -0.2) is 29.8 Å². The third kappa shape index (κ3) is 2.45. The van der Waals surface area contributed by atoms with Crippen LogP contribution in [0.1, 0.15) is 5.56 Å².